The van der Waals surface area contributed by atoms with E-state index in [4.69, 9.17) is 0 Å². The van der Waals surface area contributed by atoms with Gasteiger partial charge in [-0.15, -0.1) is 0 Å². The molecule has 0 atom stereocenters. The van der Waals surface area contributed by atoms with Crippen LogP contribution in [0.15, 0.2) is 23.2 Å². The maximum absolute atomic E-state index is 4.41. The first-order valence-electron chi connectivity index (χ1n) is 6.55. The summed E-state index contributed by atoms with van der Waals surface area (Å²) in [5.41, 5.74) is 4.36. The van der Waals surface area contributed by atoms with Crippen LogP contribution in [0.25, 0.3) is 0 Å². The molecule has 0 amide bonds. The molecule has 2 N–H and O–H groups in total. The Morgan fingerprint density at radius 3 is 3.06 bits per heavy atom. The van der Waals surface area contributed by atoms with Gasteiger partial charge in [0.25, 0.3) is 0 Å². The quantitative estimate of drug-likeness (QED) is 0.831. The zero-order chi connectivity index (χ0) is 11.5. The Kier molecular flexibility index (Phi) is 2.99. The summed E-state index contributed by atoms with van der Waals surface area (Å²) in [6.07, 6.45) is 5.12. The highest BCUT2D eigenvalue weighted by Gasteiger charge is 2.13. The van der Waals surface area contributed by atoms with Crippen LogP contribution in [0.3, 0.4) is 0 Å². The number of hydrogen-bond acceptors (Lipinski definition) is 3. The molecule has 0 aromatic heterocycles. The summed E-state index contributed by atoms with van der Waals surface area (Å²) >= 11 is 0. The van der Waals surface area contributed by atoms with Crippen LogP contribution in [0.5, 0.6) is 0 Å². The van der Waals surface area contributed by atoms with Gasteiger partial charge < -0.3 is 10.6 Å². The minimum absolute atomic E-state index is 0.830. The molecule has 0 bridgehead atoms. The Hall–Kier alpha value is -1.51. The Morgan fingerprint density at radius 2 is 2.18 bits per heavy atom. The summed E-state index contributed by atoms with van der Waals surface area (Å²) in [5, 5.41) is 6.82. The van der Waals surface area contributed by atoms with Gasteiger partial charge >= 0.3 is 0 Å². The number of aryl methyl sites for hydroxylation is 1. The van der Waals surface area contributed by atoms with Gasteiger partial charge in [-0.25, -0.2) is 0 Å². The molecule has 2 aliphatic rings. The van der Waals surface area contributed by atoms with E-state index in [1.54, 1.807) is 0 Å². The summed E-state index contributed by atoms with van der Waals surface area (Å²) in [4.78, 5) is 4.41. The maximum Gasteiger partial charge on any atom is 0.116 e. The van der Waals surface area contributed by atoms with Crippen LogP contribution in [0.1, 0.15) is 24.0 Å². The van der Waals surface area contributed by atoms with Crippen LogP contribution >= 0.6 is 0 Å². The van der Waals surface area contributed by atoms with Crippen molar-refractivity contribution >= 4 is 11.5 Å². The molecule has 3 nitrogen and oxygen atoms in total. The van der Waals surface area contributed by atoms with Gasteiger partial charge in [0.05, 0.1) is 13.1 Å². The van der Waals surface area contributed by atoms with Gasteiger partial charge in [0.1, 0.15) is 5.84 Å². The van der Waals surface area contributed by atoms with Gasteiger partial charge in [-0.1, -0.05) is 12.1 Å². The van der Waals surface area contributed by atoms with E-state index in [-0.39, 0.29) is 0 Å². The zero-order valence-electron chi connectivity index (χ0n) is 10.1. The van der Waals surface area contributed by atoms with Crippen molar-refractivity contribution in [1.82, 2.24) is 5.32 Å². The highest BCUT2D eigenvalue weighted by molar-refractivity contribution is 5.87. The molecule has 1 aliphatic heterocycles. The molecule has 17 heavy (non-hydrogen) atoms. The van der Waals surface area contributed by atoms with Crippen LogP contribution in [0, 0.1) is 0 Å². The fourth-order valence-corrected chi connectivity index (χ4v) is 2.69. The van der Waals surface area contributed by atoms with Gasteiger partial charge in [0.2, 0.25) is 0 Å². The molecular weight excluding hydrogens is 210 g/mol. The lowest BCUT2D eigenvalue weighted by atomic mass is 9.90. The predicted octanol–water partition coefficient (Wildman–Crippen LogP) is 1.98. The number of amidine groups is 1. The lowest BCUT2D eigenvalue weighted by Crippen LogP contribution is -2.26. The number of rotatable bonds is 3. The summed E-state index contributed by atoms with van der Waals surface area (Å²) in [6, 6.07) is 6.63. The van der Waals surface area contributed by atoms with Gasteiger partial charge in [-0.05, 0) is 42.9 Å². The first kappa shape index (κ1) is 10.6. The number of anilines is 1. The third-order valence-electron chi connectivity index (χ3n) is 3.59. The van der Waals surface area contributed by atoms with Crippen molar-refractivity contribution in [1.29, 1.82) is 0 Å². The number of nitrogens with one attached hydrogen (secondary N) is 2. The van der Waals surface area contributed by atoms with E-state index in [9.17, 15) is 0 Å². The second-order valence-corrected chi connectivity index (χ2v) is 4.76. The Bertz CT molecular complexity index is 437. The van der Waals surface area contributed by atoms with Crippen LogP contribution < -0.4 is 10.6 Å². The molecule has 90 valence electrons. The second-order valence-electron chi connectivity index (χ2n) is 4.76. The fourth-order valence-electron chi connectivity index (χ4n) is 2.69. The number of benzene rings is 1. The van der Waals surface area contributed by atoms with Crippen molar-refractivity contribution in [2.75, 3.05) is 25.0 Å². The molecule has 0 fully saturated rings. The van der Waals surface area contributed by atoms with Crippen molar-refractivity contribution in [3.63, 3.8) is 0 Å². The summed E-state index contributed by atoms with van der Waals surface area (Å²) in [6.45, 7) is 2.74. The third-order valence-corrected chi connectivity index (χ3v) is 3.59. The molecule has 0 saturated heterocycles. The number of aliphatic imine (C=N–C) groups is 1. The Balaban J connectivity index is 1.73. The van der Waals surface area contributed by atoms with E-state index < -0.39 is 0 Å². The lowest BCUT2D eigenvalue weighted by molar-refractivity contribution is 0.686. The molecule has 3 rings (SSSR count). The average Bonchev–Trinajstić information content (AvgIpc) is 2.89. The highest BCUT2D eigenvalue weighted by Crippen LogP contribution is 2.27. The van der Waals surface area contributed by atoms with E-state index in [0.29, 0.717) is 0 Å². The van der Waals surface area contributed by atoms with Gasteiger partial charge in [-0.2, -0.15) is 0 Å². The SMILES string of the molecule is c1cc2c(c(NCC3=NCCN3)c1)CCCC2. The van der Waals surface area contributed by atoms with E-state index >= 15 is 0 Å². The molecule has 0 spiro atoms. The topological polar surface area (TPSA) is 36.4 Å². The van der Waals surface area contributed by atoms with Crippen molar-refractivity contribution in [2.45, 2.75) is 25.7 Å². The first-order chi connectivity index (χ1) is 8.43. The predicted molar refractivity (Wildman–Crippen MR) is 71.9 cm³/mol. The number of hydrogen-bond donors (Lipinski definition) is 2. The standard InChI is InChI=1S/C14H19N3/c1-2-6-12-11(4-1)5-3-7-13(12)17-10-14-15-8-9-16-14/h3,5,7,17H,1-2,4,6,8-10H2,(H,15,16). The van der Waals surface area contributed by atoms with E-state index in [1.807, 2.05) is 0 Å². The first-order valence-corrected chi connectivity index (χ1v) is 6.55. The molecule has 0 saturated carbocycles. The molecular formula is C14H19N3. The molecule has 3 heteroatoms. The molecule has 1 aliphatic carbocycles. The molecule has 0 unspecified atom stereocenters. The van der Waals surface area contributed by atoms with Gasteiger partial charge in [0, 0.05) is 12.2 Å². The maximum atomic E-state index is 4.41. The third kappa shape index (κ3) is 2.28. The van der Waals surface area contributed by atoms with E-state index in [1.165, 1.54) is 42.5 Å². The second kappa shape index (κ2) is 4.78. The van der Waals surface area contributed by atoms with Crippen molar-refractivity contribution in [2.24, 2.45) is 4.99 Å². The molecule has 1 aromatic rings. The largest absolute Gasteiger partial charge is 0.378 e. The Labute approximate surface area is 102 Å². The summed E-state index contributed by atoms with van der Waals surface area (Å²) in [7, 11) is 0. The zero-order valence-corrected chi connectivity index (χ0v) is 10.1. The average molecular weight is 229 g/mol. The monoisotopic (exact) mass is 229 g/mol. The number of fused-ring (bicyclic) bond motifs is 1. The van der Waals surface area contributed by atoms with Crippen molar-refractivity contribution in [3.05, 3.63) is 29.3 Å². The van der Waals surface area contributed by atoms with Crippen molar-refractivity contribution < 1.29 is 0 Å². The summed E-state index contributed by atoms with van der Waals surface area (Å²) < 4.78 is 0. The lowest BCUT2D eigenvalue weighted by Gasteiger charge is -2.20. The Morgan fingerprint density at radius 1 is 1.24 bits per heavy atom. The van der Waals surface area contributed by atoms with E-state index in [2.05, 4.69) is 33.8 Å². The van der Waals surface area contributed by atoms with Gasteiger partial charge in [-0.3, -0.25) is 4.99 Å². The van der Waals surface area contributed by atoms with Crippen LogP contribution in [0.2, 0.25) is 0 Å². The smallest absolute Gasteiger partial charge is 0.116 e. The van der Waals surface area contributed by atoms with Crippen LogP contribution in [-0.2, 0) is 12.8 Å². The molecule has 0 radical (unpaired) electrons. The number of nitrogens with zero attached hydrogens (tertiary/aromatic N) is 1. The minimum atomic E-state index is 0.830. The summed E-state index contributed by atoms with van der Waals surface area (Å²) in [5.74, 6) is 1.10. The fraction of sp³-hybridized carbons (Fsp3) is 0.500. The van der Waals surface area contributed by atoms with Gasteiger partial charge in [0.15, 0.2) is 0 Å². The van der Waals surface area contributed by atoms with Crippen LogP contribution in [-0.4, -0.2) is 25.5 Å². The molecule has 1 heterocycles. The highest BCUT2D eigenvalue weighted by atomic mass is 15.1. The van der Waals surface area contributed by atoms with E-state index in [0.717, 1.165) is 25.5 Å². The van der Waals surface area contributed by atoms with Crippen molar-refractivity contribution in [3.8, 4) is 0 Å². The minimum Gasteiger partial charge on any atom is -0.378 e. The normalized spacial score (nSPS) is 18.2. The van der Waals surface area contributed by atoms with Crippen LogP contribution in [0.4, 0.5) is 5.69 Å². The molecule has 1 aromatic carbocycles.